The number of nitrogens with one attached hydrogen (secondary N) is 1. The number of para-hydroxylation sites is 1. The van der Waals surface area contributed by atoms with Crippen molar-refractivity contribution in [3.05, 3.63) is 59.3 Å². The van der Waals surface area contributed by atoms with Crippen molar-refractivity contribution in [3.8, 4) is 28.5 Å². The molecule has 0 aliphatic carbocycles. The number of methoxy groups -OCH3 is 2. The molecule has 1 aromatic heterocycles. The maximum Gasteiger partial charge on any atom is 0.273 e. The van der Waals surface area contributed by atoms with Crippen LogP contribution < -0.4 is 9.47 Å². The third-order valence-electron chi connectivity index (χ3n) is 6.07. The Balaban J connectivity index is 1.76. The van der Waals surface area contributed by atoms with E-state index in [0.717, 1.165) is 30.4 Å². The van der Waals surface area contributed by atoms with E-state index in [2.05, 4.69) is 17.1 Å². The zero-order valence-electron chi connectivity index (χ0n) is 19.8. The number of carbonyl (C=O) groups is 1. The Hall–Kier alpha value is -3.52. The van der Waals surface area contributed by atoms with Gasteiger partial charge in [-0.2, -0.15) is 5.10 Å². The van der Waals surface area contributed by atoms with E-state index in [1.165, 1.54) is 0 Å². The zero-order valence-corrected chi connectivity index (χ0v) is 19.8. The van der Waals surface area contributed by atoms with Crippen molar-refractivity contribution in [2.75, 3.05) is 34.0 Å². The van der Waals surface area contributed by atoms with Crippen LogP contribution in [0, 0.1) is 0 Å². The van der Waals surface area contributed by atoms with Crippen LogP contribution in [0.25, 0.3) is 11.3 Å². The predicted octanol–water partition coefficient (Wildman–Crippen LogP) is 4.55. The number of phenolic OH excluding ortho intramolecular Hbond substituents is 1. The Morgan fingerprint density at radius 2 is 1.91 bits per heavy atom. The van der Waals surface area contributed by atoms with Crippen LogP contribution in [0.5, 0.6) is 17.2 Å². The van der Waals surface area contributed by atoms with Gasteiger partial charge in [0.1, 0.15) is 17.1 Å². The topological polar surface area (TPSA) is 96.9 Å². The molecule has 0 spiro atoms. The number of ether oxygens (including phenoxy) is 3. The number of hydrogen-bond donors (Lipinski definition) is 2. The number of phenols is 1. The minimum Gasteiger partial charge on any atom is -0.507 e. The van der Waals surface area contributed by atoms with Crippen molar-refractivity contribution < 1.29 is 24.1 Å². The molecule has 180 valence electrons. The number of amides is 1. The summed E-state index contributed by atoms with van der Waals surface area (Å²) in [6.45, 7) is 3.57. The lowest BCUT2D eigenvalue weighted by atomic mass is 9.95. The summed E-state index contributed by atoms with van der Waals surface area (Å²) in [4.78, 5) is 15.1. The van der Waals surface area contributed by atoms with Gasteiger partial charge in [-0.15, -0.1) is 0 Å². The number of rotatable bonds is 11. The molecule has 8 heteroatoms. The average Bonchev–Trinajstić information content (AvgIpc) is 3.39. The van der Waals surface area contributed by atoms with Gasteiger partial charge in [0.25, 0.3) is 5.91 Å². The Morgan fingerprint density at radius 3 is 2.65 bits per heavy atom. The van der Waals surface area contributed by atoms with Crippen molar-refractivity contribution in [1.29, 1.82) is 0 Å². The van der Waals surface area contributed by atoms with Crippen molar-refractivity contribution in [1.82, 2.24) is 15.1 Å². The van der Waals surface area contributed by atoms with E-state index in [-0.39, 0.29) is 11.7 Å². The van der Waals surface area contributed by atoms with Gasteiger partial charge in [0.2, 0.25) is 0 Å². The first-order chi connectivity index (χ1) is 16.6. The maximum atomic E-state index is 13.3. The third-order valence-corrected chi connectivity index (χ3v) is 6.07. The van der Waals surface area contributed by atoms with Crippen molar-refractivity contribution in [2.24, 2.45) is 0 Å². The molecule has 2 heterocycles. The Morgan fingerprint density at radius 1 is 1.09 bits per heavy atom. The van der Waals surface area contributed by atoms with Gasteiger partial charge in [-0.25, -0.2) is 0 Å². The van der Waals surface area contributed by atoms with Crippen LogP contribution in [0.1, 0.15) is 53.8 Å². The molecule has 2 aromatic carbocycles. The number of H-pyrrole nitrogens is 1. The lowest BCUT2D eigenvalue weighted by Crippen LogP contribution is -2.32. The van der Waals surface area contributed by atoms with Gasteiger partial charge in [0.05, 0.1) is 26.4 Å². The molecule has 34 heavy (non-hydrogen) atoms. The Bertz CT molecular complexity index is 1140. The predicted molar refractivity (Wildman–Crippen MR) is 128 cm³/mol. The van der Waals surface area contributed by atoms with Gasteiger partial charge in [0.15, 0.2) is 11.5 Å². The Kier molecular flexibility index (Phi) is 7.37. The Labute approximate surface area is 199 Å². The van der Waals surface area contributed by atoms with Crippen LogP contribution in [0.3, 0.4) is 0 Å². The molecule has 0 saturated heterocycles. The maximum absolute atomic E-state index is 13.3. The molecule has 2 N–H and O–H groups in total. The van der Waals surface area contributed by atoms with E-state index in [1.54, 1.807) is 37.3 Å². The average molecular weight is 466 g/mol. The fraction of sp³-hybridized carbons (Fsp3) is 0.385. The summed E-state index contributed by atoms with van der Waals surface area (Å²) in [5.41, 5.74) is 3.11. The van der Waals surface area contributed by atoms with Gasteiger partial charge in [0, 0.05) is 24.8 Å². The summed E-state index contributed by atoms with van der Waals surface area (Å²) in [7, 11) is 3.22. The normalized spacial score (nSPS) is 15.0. The fourth-order valence-electron chi connectivity index (χ4n) is 4.35. The summed E-state index contributed by atoms with van der Waals surface area (Å²) >= 11 is 0. The van der Waals surface area contributed by atoms with Gasteiger partial charge in [-0.1, -0.05) is 38.0 Å². The highest BCUT2D eigenvalue weighted by Gasteiger charge is 2.42. The van der Waals surface area contributed by atoms with E-state index < -0.39 is 6.04 Å². The van der Waals surface area contributed by atoms with Crippen molar-refractivity contribution in [2.45, 2.75) is 32.2 Å². The van der Waals surface area contributed by atoms with Gasteiger partial charge < -0.3 is 24.2 Å². The number of nitrogens with zero attached hydrogens (tertiary/aromatic N) is 2. The molecule has 1 aliphatic heterocycles. The van der Waals surface area contributed by atoms with Crippen LogP contribution in [0.2, 0.25) is 0 Å². The van der Waals surface area contributed by atoms with E-state index in [1.807, 2.05) is 24.3 Å². The first-order valence-electron chi connectivity index (χ1n) is 11.6. The molecule has 1 aliphatic rings. The molecule has 8 nitrogen and oxygen atoms in total. The summed E-state index contributed by atoms with van der Waals surface area (Å²) in [6, 6.07) is 12.3. The molecule has 0 radical (unpaired) electrons. The monoisotopic (exact) mass is 465 g/mol. The first kappa shape index (κ1) is 23.6. The second-order valence-corrected chi connectivity index (χ2v) is 8.24. The third kappa shape index (κ3) is 4.46. The second-order valence-electron chi connectivity index (χ2n) is 8.24. The summed E-state index contributed by atoms with van der Waals surface area (Å²) in [5, 5.41) is 17.8. The molecule has 0 bridgehead atoms. The van der Waals surface area contributed by atoms with Crippen LogP contribution in [0.15, 0.2) is 42.5 Å². The molecule has 4 rings (SSSR count). The molecule has 0 fully saturated rings. The quantitative estimate of drug-likeness (QED) is 0.403. The van der Waals surface area contributed by atoms with Crippen molar-refractivity contribution in [3.63, 3.8) is 0 Å². The smallest absolute Gasteiger partial charge is 0.273 e. The van der Waals surface area contributed by atoms with E-state index >= 15 is 0 Å². The fourth-order valence-corrected chi connectivity index (χ4v) is 4.35. The van der Waals surface area contributed by atoms with E-state index in [4.69, 9.17) is 14.2 Å². The highest BCUT2D eigenvalue weighted by molar-refractivity contribution is 6.00. The highest BCUT2D eigenvalue weighted by atomic mass is 16.5. The van der Waals surface area contributed by atoms with Gasteiger partial charge in [-0.3, -0.25) is 9.89 Å². The van der Waals surface area contributed by atoms with Crippen LogP contribution >= 0.6 is 0 Å². The highest BCUT2D eigenvalue weighted by Crippen LogP contribution is 2.45. The number of carbonyl (C=O) groups excluding carboxylic acids is 1. The molecular formula is C26H31N3O5. The van der Waals surface area contributed by atoms with Gasteiger partial charge in [-0.05, 0) is 36.2 Å². The minimum atomic E-state index is -0.422. The van der Waals surface area contributed by atoms with Gasteiger partial charge >= 0.3 is 0 Å². The number of fused-ring (bicyclic) bond motifs is 1. The standard InChI is InChI=1S/C26H31N3O5/c1-4-5-8-14-34-20-12-11-17(16-21(20)33-3)25-22-23(18-9-6-7-10-19(18)30)27-28-24(22)26(31)29(25)13-15-32-2/h6-7,9-12,16,25,30H,4-5,8,13-15H2,1-3H3,(H,27,28)/t25-/m1/s1. The second kappa shape index (κ2) is 10.6. The number of hydrogen-bond acceptors (Lipinski definition) is 6. The van der Waals surface area contributed by atoms with E-state index in [0.29, 0.717) is 48.2 Å². The van der Waals surface area contributed by atoms with Crippen LogP contribution in [-0.4, -0.2) is 60.1 Å². The molecule has 0 unspecified atom stereocenters. The SMILES string of the molecule is CCCCCOc1ccc([C@@H]2c3c(-c4ccccc4O)n[nH]c3C(=O)N2CCOC)cc1OC. The molecule has 3 aromatic rings. The van der Waals surface area contributed by atoms with E-state index in [9.17, 15) is 9.90 Å². The van der Waals surface area contributed by atoms with Crippen molar-refractivity contribution >= 4 is 5.91 Å². The lowest BCUT2D eigenvalue weighted by Gasteiger charge is -2.26. The largest absolute Gasteiger partial charge is 0.507 e. The minimum absolute atomic E-state index is 0.103. The van der Waals surface area contributed by atoms with Crippen LogP contribution in [-0.2, 0) is 4.74 Å². The number of aromatic hydroxyl groups is 1. The number of aromatic nitrogens is 2. The summed E-state index contributed by atoms with van der Waals surface area (Å²) in [5.74, 6) is 1.22. The zero-order chi connectivity index (χ0) is 24.1. The van der Waals surface area contributed by atoms with Crippen LogP contribution in [0.4, 0.5) is 0 Å². The molecular weight excluding hydrogens is 434 g/mol. The first-order valence-corrected chi connectivity index (χ1v) is 11.6. The number of benzene rings is 2. The summed E-state index contributed by atoms with van der Waals surface area (Å²) in [6.07, 6.45) is 3.21. The summed E-state index contributed by atoms with van der Waals surface area (Å²) < 4.78 is 16.8. The number of unbranched alkanes of at least 4 members (excludes halogenated alkanes) is 2. The lowest BCUT2D eigenvalue weighted by molar-refractivity contribution is 0.0677. The number of aromatic amines is 1. The molecule has 0 saturated carbocycles. The molecule has 1 amide bonds. The molecule has 1 atom stereocenters.